The van der Waals surface area contributed by atoms with Gasteiger partial charge in [0.05, 0.1) is 28.4 Å². The summed E-state index contributed by atoms with van der Waals surface area (Å²) in [6.45, 7) is 15.4. The molecule has 1 rings (SSSR count). The molecule has 0 radical (unpaired) electrons. The SMILES string of the molecule is COC(=O)C(CNS(=O)(=O)NC(C)(C)C)N1CCN(C(CNS(=O)(=O)NC(C)(C)C)C(=O)OC)CCN(C(CNS(=O)(=O)NC(C)(C)C)C(=O)OC)CCN(C(CNS(=O)(=O)NC(C)(C)C)C(=O)OC)CC1. The molecule has 0 aromatic heterocycles. The van der Waals surface area contributed by atoms with Crippen LogP contribution in [0.4, 0.5) is 0 Å². The second-order valence-electron chi connectivity index (χ2n) is 21.1. The van der Waals surface area contributed by atoms with E-state index in [-0.39, 0.29) is 52.4 Å². The lowest BCUT2D eigenvalue weighted by Crippen LogP contribution is -2.61. The van der Waals surface area contributed by atoms with Gasteiger partial charge in [-0.1, -0.05) is 0 Å². The zero-order valence-electron chi connectivity index (χ0n) is 44.7. The summed E-state index contributed by atoms with van der Waals surface area (Å²) in [6.07, 6.45) is 0. The standard InChI is InChI=1S/C40H84N12O16S4/c1-37(2,3)45-69(57,58)41-25-29(33(53)65-13)49-17-19-50(30(34(54)66-14)26-42-70(59,60)46-38(4,5)6)21-23-52(32(36(56)68-16)28-44-72(63,64)48-40(10,11)12)24-22-51(20-18-49)31(35(55)67-15)27-43-71(61,62)47-39(7,8)9/h29-32,41-48H,17-28H2,1-16H3. The number of ether oxygens (including phenoxy) is 4. The van der Waals surface area contributed by atoms with Crippen LogP contribution in [0.3, 0.4) is 0 Å². The summed E-state index contributed by atoms with van der Waals surface area (Å²) in [6, 6.07) is -5.59. The lowest BCUT2D eigenvalue weighted by atomic mass is 10.1. The van der Waals surface area contributed by atoms with Crippen LogP contribution in [0.5, 0.6) is 0 Å². The van der Waals surface area contributed by atoms with Crippen LogP contribution >= 0.6 is 0 Å². The average Bonchev–Trinajstić information content (AvgIpc) is 3.19. The molecular weight excluding hydrogens is 1030 g/mol. The van der Waals surface area contributed by atoms with Crippen molar-refractivity contribution in [2.24, 2.45) is 0 Å². The number of esters is 4. The van der Waals surface area contributed by atoms with Crippen LogP contribution in [0.15, 0.2) is 0 Å². The molecule has 0 bridgehead atoms. The second kappa shape index (κ2) is 27.8. The summed E-state index contributed by atoms with van der Waals surface area (Å²) in [5.74, 6) is -3.59. The van der Waals surface area contributed by atoms with Gasteiger partial charge in [-0.05, 0) is 83.1 Å². The maximum atomic E-state index is 13.7. The van der Waals surface area contributed by atoms with Crippen molar-refractivity contribution in [3.05, 3.63) is 0 Å². The van der Waals surface area contributed by atoms with Crippen molar-refractivity contribution in [3.8, 4) is 0 Å². The molecule has 0 aromatic rings. The van der Waals surface area contributed by atoms with Gasteiger partial charge in [0.2, 0.25) is 0 Å². The number of nitrogens with one attached hydrogen (secondary N) is 8. The lowest BCUT2D eigenvalue weighted by Gasteiger charge is -2.40. The highest BCUT2D eigenvalue weighted by atomic mass is 32.2. The Morgan fingerprint density at radius 1 is 0.347 bits per heavy atom. The maximum absolute atomic E-state index is 13.7. The van der Waals surface area contributed by atoms with Crippen molar-refractivity contribution in [2.45, 2.75) is 129 Å². The predicted molar refractivity (Wildman–Crippen MR) is 269 cm³/mol. The molecule has 4 atom stereocenters. The summed E-state index contributed by atoms with van der Waals surface area (Å²) in [5, 5.41) is 0. The molecule has 1 aliphatic rings. The highest BCUT2D eigenvalue weighted by molar-refractivity contribution is 7.88. The van der Waals surface area contributed by atoms with Crippen LogP contribution in [0.2, 0.25) is 0 Å². The van der Waals surface area contributed by atoms with Crippen LogP contribution in [0.25, 0.3) is 0 Å². The molecule has 4 unspecified atom stereocenters. The first-order valence-electron chi connectivity index (χ1n) is 23.0. The zero-order valence-corrected chi connectivity index (χ0v) is 48.0. The summed E-state index contributed by atoms with van der Waals surface area (Å²) in [7, 11) is -12.7. The molecule has 72 heavy (non-hydrogen) atoms. The number of hydrogen-bond acceptors (Lipinski definition) is 20. The fourth-order valence-corrected chi connectivity index (χ4v) is 12.2. The number of hydrogen-bond donors (Lipinski definition) is 8. The van der Waals surface area contributed by atoms with Gasteiger partial charge in [0, 0.05) is 101 Å². The van der Waals surface area contributed by atoms with Crippen molar-refractivity contribution in [2.75, 3.05) is 107 Å². The average molecular weight is 1120 g/mol. The molecule has 0 aliphatic carbocycles. The largest absolute Gasteiger partial charge is 0.468 e. The number of methoxy groups -OCH3 is 4. The van der Waals surface area contributed by atoms with Gasteiger partial charge >= 0.3 is 23.9 Å². The van der Waals surface area contributed by atoms with Gasteiger partial charge in [-0.25, -0.2) is 18.9 Å². The quantitative estimate of drug-likeness (QED) is 0.0340. The molecule has 1 aliphatic heterocycles. The van der Waals surface area contributed by atoms with Gasteiger partial charge in [-0.2, -0.15) is 52.6 Å². The van der Waals surface area contributed by atoms with Crippen molar-refractivity contribution in [1.29, 1.82) is 0 Å². The molecule has 0 spiro atoms. The third-order valence-corrected chi connectivity index (χ3v) is 15.7. The molecule has 1 saturated heterocycles. The Morgan fingerprint density at radius 3 is 0.597 bits per heavy atom. The summed E-state index contributed by atoms with van der Waals surface area (Å²) < 4.78 is 146. The normalized spacial score (nSPS) is 18.4. The Labute approximate surface area is 428 Å². The maximum Gasteiger partial charge on any atom is 0.324 e. The Hall–Kier alpha value is -2.80. The third-order valence-electron chi connectivity index (χ3n) is 9.98. The molecule has 424 valence electrons. The highest BCUT2D eigenvalue weighted by Crippen LogP contribution is 2.15. The molecule has 1 heterocycles. The van der Waals surface area contributed by atoms with E-state index in [1.54, 1.807) is 83.1 Å². The minimum Gasteiger partial charge on any atom is -0.468 e. The molecular formula is C40H84N12O16S4. The summed E-state index contributed by atoms with van der Waals surface area (Å²) >= 11 is 0. The minimum absolute atomic E-state index is 0.202. The van der Waals surface area contributed by atoms with E-state index in [0.29, 0.717) is 0 Å². The van der Waals surface area contributed by atoms with Gasteiger partial charge in [-0.3, -0.25) is 38.8 Å². The van der Waals surface area contributed by atoms with Gasteiger partial charge in [0.25, 0.3) is 40.8 Å². The van der Waals surface area contributed by atoms with Gasteiger partial charge in [0.15, 0.2) is 0 Å². The first-order chi connectivity index (χ1) is 32.6. The van der Waals surface area contributed by atoms with Gasteiger partial charge < -0.3 is 18.9 Å². The van der Waals surface area contributed by atoms with Crippen molar-refractivity contribution >= 4 is 64.7 Å². The van der Waals surface area contributed by atoms with Crippen LogP contribution in [0.1, 0.15) is 83.1 Å². The number of rotatable bonds is 24. The molecule has 1 fully saturated rings. The fourth-order valence-electron chi connectivity index (χ4n) is 7.22. The van der Waals surface area contributed by atoms with E-state index in [2.05, 4.69) is 37.8 Å². The highest BCUT2D eigenvalue weighted by Gasteiger charge is 2.38. The molecule has 32 heteroatoms. The van der Waals surface area contributed by atoms with E-state index in [1.165, 1.54) is 19.6 Å². The topological polar surface area (TPSA) is 351 Å². The molecule has 0 amide bonds. The molecule has 0 saturated carbocycles. The molecule has 0 aromatic carbocycles. The number of nitrogens with zero attached hydrogens (tertiary/aromatic N) is 4. The molecule has 8 N–H and O–H groups in total. The molecule has 28 nitrogen and oxygen atoms in total. The zero-order chi connectivity index (χ0) is 55.9. The van der Waals surface area contributed by atoms with Crippen molar-refractivity contribution < 1.29 is 71.8 Å². The predicted octanol–water partition coefficient (Wildman–Crippen LogP) is -3.74. The van der Waals surface area contributed by atoms with E-state index in [0.717, 1.165) is 28.4 Å². The Morgan fingerprint density at radius 2 is 0.486 bits per heavy atom. The summed E-state index contributed by atoms with van der Waals surface area (Å²) in [4.78, 5) is 61.0. The van der Waals surface area contributed by atoms with E-state index in [1.807, 2.05) is 0 Å². The van der Waals surface area contributed by atoms with Crippen LogP contribution in [0, 0.1) is 0 Å². The first kappa shape index (κ1) is 67.2. The van der Waals surface area contributed by atoms with E-state index >= 15 is 0 Å². The van der Waals surface area contributed by atoms with Crippen LogP contribution in [-0.2, 0) is 79.0 Å². The van der Waals surface area contributed by atoms with Crippen LogP contribution < -0.4 is 37.8 Å². The van der Waals surface area contributed by atoms with Gasteiger partial charge in [-0.15, -0.1) is 0 Å². The fraction of sp³-hybridized carbons (Fsp3) is 0.900. The third kappa shape index (κ3) is 26.6. The van der Waals surface area contributed by atoms with Crippen molar-refractivity contribution in [1.82, 2.24) is 57.4 Å². The Kier molecular flexibility index (Phi) is 26.0. The smallest absolute Gasteiger partial charge is 0.324 e. The van der Waals surface area contributed by atoms with E-state index < -0.39 is 137 Å². The van der Waals surface area contributed by atoms with Crippen LogP contribution in [-0.4, -0.2) is 230 Å². The lowest BCUT2D eigenvalue weighted by molar-refractivity contribution is -0.151. The first-order valence-corrected chi connectivity index (χ1v) is 28.9. The van der Waals surface area contributed by atoms with Crippen molar-refractivity contribution in [3.63, 3.8) is 0 Å². The minimum atomic E-state index is -4.26. The Bertz CT molecular complexity index is 1900. The monoisotopic (exact) mass is 1120 g/mol. The second-order valence-corrected chi connectivity index (χ2v) is 27.1. The number of carbonyl (C=O) groups is 4. The van der Waals surface area contributed by atoms with E-state index in [9.17, 15) is 52.8 Å². The van der Waals surface area contributed by atoms with E-state index in [4.69, 9.17) is 18.9 Å². The summed E-state index contributed by atoms with van der Waals surface area (Å²) in [5.41, 5.74) is -3.74. The Balaban J connectivity index is 4.26. The number of carbonyl (C=O) groups excluding carboxylic acids is 4. The van der Waals surface area contributed by atoms with Gasteiger partial charge in [0.1, 0.15) is 24.2 Å².